The van der Waals surface area contributed by atoms with Crippen molar-refractivity contribution in [2.75, 3.05) is 24.7 Å². The quantitative estimate of drug-likeness (QED) is 0.540. The van der Waals surface area contributed by atoms with Crippen molar-refractivity contribution in [2.24, 2.45) is 5.92 Å². The highest BCUT2D eigenvalue weighted by Crippen LogP contribution is 2.38. The van der Waals surface area contributed by atoms with E-state index < -0.39 is 33.8 Å². The summed E-state index contributed by atoms with van der Waals surface area (Å²) in [4.78, 5) is 13.8. The van der Waals surface area contributed by atoms with Gasteiger partial charge in [-0.1, -0.05) is 12.1 Å². The fourth-order valence-electron chi connectivity index (χ4n) is 4.58. The van der Waals surface area contributed by atoms with Gasteiger partial charge < -0.3 is 10.1 Å². The maximum Gasteiger partial charge on any atom is 0.416 e. The minimum atomic E-state index is -4.65. The van der Waals surface area contributed by atoms with Crippen LogP contribution in [-0.4, -0.2) is 34.2 Å². The molecule has 13 heteroatoms. The number of rotatable bonds is 6. The van der Waals surface area contributed by atoms with Gasteiger partial charge in [0.05, 0.1) is 45.5 Å². The molecular weight excluding hydrogens is 535 g/mol. The minimum absolute atomic E-state index is 0.0356. The SMILES string of the molecule is CC1=C(C#N)[C@@H](c2ccc(C#N)cc2S(=O)(=O)NCC2CCOCC2)NC(=O)N1c1cccc(C(F)(F)F)c1. The van der Waals surface area contributed by atoms with Crippen LogP contribution < -0.4 is 14.9 Å². The van der Waals surface area contributed by atoms with Crippen molar-refractivity contribution in [1.82, 2.24) is 10.0 Å². The summed E-state index contributed by atoms with van der Waals surface area (Å²) >= 11 is 0. The molecule has 0 aliphatic carbocycles. The molecule has 0 aromatic heterocycles. The molecule has 2 aliphatic heterocycles. The molecule has 2 aromatic carbocycles. The number of hydrogen-bond donors (Lipinski definition) is 2. The van der Waals surface area contributed by atoms with Gasteiger partial charge in [0.2, 0.25) is 10.0 Å². The summed E-state index contributed by atoms with van der Waals surface area (Å²) in [6, 6.07) is 9.74. The first-order chi connectivity index (χ1) is 18.5. The van der Waals surface area contributed by atoms with E-state index in [1.54, 1.807) is 0 Å². The van der Waals surface area contributed by atoms with E-state index in [2.05, 4.69) is 10.0 Å². The standard InChI is InChI=1S/C26H24F3N5O4S/c1-16-22(14-31)24(33-25(35)34(16)20-4-2-3-19(12-20)26(27,28)29)21-6-5-18(13-30)11-23(21)39(36,37)32-15-17-7-9-38-10-8-17/h2-6,11-12,17,24,32H,7-10,15H2,1H3,(H,33,35)/t24-/m1/s1. The lowest BCUT2D eigenvalue weighted by atomic mass is 9.94. The van der Waals surface area contributed by atoms with Crippen molar-refractivity contribution < 1.29 is 31.1 Å². The highest BCUT2D eigenvalue weighted by atomic mass is 32.2. The average Bonchev–Trinajstić information content (AvgIpc) is 2.91. The zero-order chi connectivity index (χ0) is 28.4. The van der Waals surface area contributed by atoms with Crippen LogP contribution in [0.2, 0.25) is 0 Å². The van der Waals surface area contributed by atoms with Crippen LogP contribution in [0.1, 0.15) is 42.5 Å². The van der Waals surface area contributed by atoms with E-state index in [-0.39, 0.29) is 45.4 Å². The first-order valence-electron chi connectivity index (χ1n) is 12.0. The molecule has 1 atom stereocenters. The molecular formula is C26H24F3N5O4S. The van der Waals surface area contributed by atoms with Gasteiger partial charge in [-0.2, -0.15) is 23.7 Å². The molecule has 0 bridgehead atoms. The smallest absolute Gasteiger partial charge is 0.381 e. The van der Waals surface area contributed by atoms with Crippen LogP contribution in [0.3, 0.4) is 0 Å². The summed E-state index contributed by atoms with van der Waals surface area (Å²) in [7, 11) is -4.19. The molecule has 9 nitrogen and oxygen atoms in total. The highest BCUT2D eigenvalue weighted by Gasteiger charge is 2.37. The fourth-order valence-corrected chi connectivity index (χ4v) is 5.97. The van der Waals surface area contributed by atoms with Crippen LogP contribution in [0.5, 0.6) is 0 Å². The predicted octanol–water partition coefficient (Wildman–Crippen LogP) is 4.35. The molecule has 1 saturated heterocycles. The molecule has 2 aromatic rings. The number of allylic oxidation sites excluding steroid dienone is 1. The number of carbonyl (C=O) groups is 1. The molecule has 0 saturated carbocycles. The number of carbonyl (C=O) groups excluding carboxylic acids is 1. The monoisotopic (exact) mass is 559 g/mol. The summed E-state index contributed by atoms with van der Waals surface area (Å²) < 4.78 is 74.5. The molecule has 2 amide bonds. The number of benzene rings is 2. The van der Waals surface area contributed by atoms with Gasteiger partial charge in [-0.25, -0.2) is 17.9 Å². The van der Waals surface area contributed by atoms with E-state index in [1.165, 1.54) is 25.1 Å². The van der Waals surface area contributed by atoms with Crippen molar-refractivity contribution in [2.45, 2.75) is 36.9 Å². The van der Waals surface area contributed by atoms with Gasteiger partial charge in [0.1, 0.15) is 0 Å². The van der Waals surface area contributed by atoms with Gasteiger partial charge in [0, 0.05) is 25.5 Å². The Balaban J connectivity index is 1.75. The Morgan fingerprint density at radius 2 is 1.85 bits per heavy atom. The zero-order valence-corrected chi connectivity index (χ0v) is 21.6. The van der Waals surface area contributed by atoms with Gasteiger partial charge in [-0.3, -0.25) is 4.90 Å². The van der Waals surface area contributed by atoms with Gasteiger partial charge >= 0.3 is 12.2 Å². The van der Waals surface area contributed by atoms with Gasteiger partial charge in [-0.05, 0) is 61.6 Å². The van der Waals surface area contributed by atoms with Crippen molar-refractivity contribution in [3.8, 4) is 12.1 Å². The Kier molecular flexibility index (Phi) is 7.97. The van der Waals surface area contributed by atoms with E-state index >= 15 is 0 Å². The van der Waals surface area contributed by atoms with E-state index in [0.29, 0.717) is 26.1 Å². The van der Waals surface area contributed by atoms with Crippen molar-refractivity contribution in [3.63, 3.8) is 0 Å². The lowest BCUT2D eigenvalue weighted by Gasteiger charge is -2.34. The lowest BCUT2D eigenvalue weighted by Crippen LogP contribution is -2.47. The molecule has 2 N–H and O–H groups in total. The number of ether oxygens (including phenoxy) is 1. The molecule has 0 radical (unpaired) electrons. The highest BCUT2D eigenvalue weighted by molar-refractivity contribution is 7.89. The number of anilines is 1. The third-order valence-corrected chi connectivity index (χ3v) is 8.16. The Bertz CT molecular complexity index is 1500. The van der Waals surface area contributed by atoms with Crippen molar-refractivity contribution in [1.29, 1.82) is 10.5 Å². The molecule has 0 spiro atoms. The first-order valence-corrected chi connectivity index (χ1v) is 13.4. The Labute approximate surface area is 223 Å². The van der Waals surface area contributed by atoms with Crippen molar-refractivity contribution in [3.05, 3.63) is 70.4 Å². The molecule has 39 heavy (non-hydrogen) atoms. The third-order valence-electron chi connectivity index (χ3n) is 6.68. The molecule has 1 fully saturated rings. The fraction of sp³-hybridized carbons (Fsp3) is 0.346. The second-order valence-electron chi connectivity index (χ2n) is 9.15. The van der Waals surface area contributed by atoms with Crippen LogP contribution in [-0.2, 0) is 20.9 Å². The van der Waals surface area contributed by atoms with E-state index in [9.17, 15) is 36.9 Å². The van der Waals surface area contributed by atoms with Gasteiger partial charge in [0.25, 0.3) is 0 Å². The lowest BCUT2D eigenvalue weighted by molar-refractivity contribution is -0.137. The number of nitrogens with zero attached hydrogens (tertiary/aromatic N) is 3. The summed E-state index contributed by atoms with van der Waals surface area (Å²) in [5, 5.41) is 21.9. The van der Waals surface area contributed by atoms with Crippen LogP contribution in [0.4, 0.5) is 23.7 Å². The van der Waals surface area contributed by atoms with Crippen LogP contribution in [0.15, 0.2) is 58.6 Å². The summed E-state index contributed by atoms with van der Waals surface area (Å²) in [6.07, 6.45) is -3.29. The first kappa shape index (κ1) is 28.1. The van der Waals surface area contributed by atoms with Gasteiger partial charge in [0.15, 0.2) is 0 Å². The maximum atomic E-state index is 13.4. The van der Waals surface area contributed by atoms with E-state index in [1.807, 2.05) is 12.1 Å². The number of halogens is 3. The largest absolute Gasteiger partial charge is 0.416 e. The number of nitriles is 2. The van der Waals surface area contributed by atoms with Crippen LogP contribution in [0.25, 0.3) is 0 Å². The number of sulfonamides is 1. The Morgan fingerprint density at radius 1 is 1.13 bits per heavy atom. The molecule has 2 heterocycles. The van der Waals surface area contributed by atoms with Crippen LogP contribution >= 0.6 is 0 Å². The minimum Gasteiger partial charge on any atom is -0.381 e. The third kappa shape index (κ3) is 5.91. The normalized spacial score (nSPS) is 18.9. The number of alkyl halides is 3. The topological polar surface area (TPSA) is 135 Å². The second-order valence-corrected chi connectivity index (χ2v) is 10.9. The Morgan fingerprint density at radius 3 is 2.49 bits per heavy atom. The molecule has 2 aliphatic rings. The summed E-state index contributed by atoms with van der Waals surface area (Å²) in [5.74, 6) is 0.0586. The van der Waals surface area contributed by atoms with Crippen molar-refractivity contribution >= 4 is 21.7 Å². The number of urea groups is 1. The molecule has 204 valence electrons. The number of hydrogen-bond acceptors (Lipinski definition) is 6. The molecule has 0 unspecified atom stereocenters. The molecule has 4 rings (SSSR count). The average molecular weight is 560 g/mol. The van der Waals surface area contributed by atoms with Crippen LogP contribution in [0, 0.1) is 28.6 Å². The summed E-state index contributed by atoms with van der Waals surface area (Å²) in [5.41, 5.74) is -1.03. The Hall–Kier alpha value is -3.91. The maximum absolute atomic E-state index is 13.4. The predicted molar refractivity (Wildman–Crippen MR) is 133 cm³/mol. The summed E-state index contributed by atoms with van der Waals surface area (Å²) in [6.45, 7) is 2.58. The number of nitrogens with one attached hydrogen (secondary N) is 2. The van der Waals surface area contributed by atoms with E-state index in [4.69, 9.17) is 4.74 Å². The number of amides is 2. The van der Waals surface area contributed by atoms with Gasteiger partial charge in [-0.15, -0.1) is 0 Å². The second kappa shape index (κ2) is 11.1. The van der Waals surface area contributed by atoms with E-state index in [0.717, 1.165) is 29.2 Å². The zero-order valence-electron chi connectivity index (χ0n) is 20.7.